The fourth-order valence-electron chi connectivity index (χ4n) is 5.00. The van der Waals surface area contributed by atoms with Crippen molar-refractivity contribution in [1.29, 1.82) is 0 Å². The second-order valence-electron chi connectivity index (χ2n) is 10.5. The molecule has 0 aromatic heterocycles. The van der Waals surface area contributed by atoms with E-state index in [1.807, 2.05) is 13.8 Å². The molecule has 0 radical (unpaired) electrons. The van der Waals surface area contributed by atoms with Crippen molar-refractivity contribution in [2.45, 2.75) is 96.9 Å². The Morgan fingerprint density at radius 2 is 1.24 bits per heavy atom. The van der Waals surface area contributed by atoms with Gasteiger partial charge in [0.25, 0.3) is 8.32 Å². The van der Waals surface area contributed by atoms with Gasteiger partial charge in [-0.1, -0.05) is 120 Å². The van der Waals surface area contributed by atoms with E-state index in [0.29, 0.717) is 13.2 Å². The molecule has 5 nitrogen and oxygen atoms in total. The summed E-state index contributed by atoms with van der Waals surface area (Å²) in [6.45, 7) is 12.8. The quantitative estimate of drug-likeness (QED) is 0.0894. The van der Waals surface area contributed by atoms with Gasteiger partial charge in [0.2, 0.25) is 8.38 Å². The predicted octanol–water partition coefficient (Wildman–Crippen LogP) is 8.62. The molecule has 0 saturated heterocycles. The van der Waals surface area contributed by atoms with Gasteiger partial charge in [-0.2, -0.15) is 0 Å². The van der Waals surface area contributed by atoms with Crippen LogP contribution in [0.2, 0.25) is 5.04 Å². The first-order valence-corrected chi connectivity index (χ1v) is 18.1. The molecule has 0 bridgehead atoms. The first kappa shape index (κ1) is 33.2. The van der Waals surface area contributed by atoms with E-state index in [1.54, 1.807) is 0 Å². The van der Waals surface area contributed by atoms with E-state index < -0.39 is 16.7 Å². The van der Waals surface area contributed by atoms with Crippen LogP contribution in [0.15, 0.2) is 60.7 Å². The van der Waals surface area contributed by atoms with Crippen LogP contribution < -0.4 is 10.4 Å². The lowest BCUT2D eigenvalue weighted by atomic mass is 10.1. The van der Waals surface area contributed by atoms with Crippen molar-refractivity contribution < 1.29 is 22.6 Å². The van der Waals surface area contributed by atoms with Gasteiger partial charge in [0.05, 0.1) is 13.2 Å². The second-order valence-corrected chi connectivity index (χ2v) is 16.9. The highest BCUT2D eigenvalue weighted by atomic mass is 31.2. The molecule has 0 saturated carbocycles. The van der Waals surface area contributed by atoms with Gasteiger partial charge in [-0.25, -0.2) is 4.57 Å². The average molecular weight is 579 g/mol. The molecule has 212 valence electrons. The SMILES string of the molecule is CCOP(OCC)C(CCCCCCCCCO[Si](c1ccccc1)(c1ccccc1)C(C)(C)C)OP=O. The van der Waals surface area contributed by atoms with Crippen molar-refractivity contribution in [3.63, 3.8) is 0 Å². The molecule has 0 aliphatic carbocycles. The van der Waals surface area contributed by atoms with Crippen LogP contribution in [0.4, 0.5) is 0 Å². The summed E-state index contributed by atoms with van der Waals surface area (Å²) >= 11 is 0. The third-order valence-corrected chi connectivity index (χ3v) is 14.2. The van der Waals surface area contributed by atoms with E-state index in [0.717, 1.165) is 32.3 Å². The Morgan fingerprint density at radius 1 is 0.763 bits per heavy atom. The summed E-state index contributed by atoms with van der Waals surface area (Å²) in [6, 6.07) is 21.7. The molecular weight excluding hydrogens is 530 g/mol. The number of benzene rings is 2. The Hall–Kier alpha value is -0.973. The number of unbranched alkanes of at least 4 members (excludes halogenated alkanes) is 6. The molecule has 0 aliphatic rings. The predicted molar refractivity (Wildman–Crippen MR) is 163 cm³/mol. The number of hydrogen-bond donors (Lipinski definition) is 0. The monoisotopic (exact) mass is 578 g/mol. The van der Waals surface area contributed by atoms with Crippen LogP contribution in [0.5, 0.6) is 0 Å². The van der Waals surface area contributed by atoms with Gasteiger partial charge >= 0.3 is 8.69 Å². The van der Waals surface area contributed by atoms with E-state index in [4.69, 9.17) is 18.0 Å². The summed E-state index contributed by atoms with van der Waals surface area (Å²) in [6.07, 6.45) is 8.86. The summed E-state index contributed by atoms with van der Waals surface area (Å²) in [5.41, 5.74) is 0. The van der Waals surface area contributed by atoms with Gasteiger partial charge in [0.1, 0.15) is 5.85 Å². The molecule has 0 fully saturated rings. The highest BCUT2D eigenvalue weighted by Crippen LogP contribution is 2.47. The third-order valence-electron chi connectivity index (χ3n) is 6.74. The maximum Gasteiger partial charge on any atom is 0.328 e. The number of hydrogen-bond acceptors (Lipinski definition) is 5. The van der Waals surface area contributed by atoms with Crippen LogP contribution in [-0.2, 0) is 22.6 Å². The molecular formula is C30H48O5P2Si. The first-order valence-electron chi connectivity index (χ1n) is 14.2. The van der Waals surface area contributed by atoms with Gasteiger partial charge in [-0.05, 0) is 42.1 Å². The summed E-state index contributed by atoms with van der Waals surface area (Å²) in [5.74, 6) is -0.234. The molecule has 0 heterocycles. The highest BCUT2D eigenvalue weighted by molar-refractivity contribution is 7.48. The zero-order valence-electron chi connectivity index (χ0n) is 24.1. The van der Waals surface area contributed by atoms with Crippen molar-refractivity contribution in [3.8, 4) is 0 Å². The van der Waals surface area contributed by atoms with Crippen LogP contribution in [-0.4, -0.2) is 34.0 Å². The maximum absolute atomic E-state index is 11.0. The van der Waals surface area contributed by atoms with Gasteiger partial charge in [-0.3, -0.25) is 4.52 Å². The van der Waals surface area contributed by atoms with Crippen molar-refractivity contribution >= 4 is 35.8 Å². The molecule has 0 amide bonds. The van der Waals surface area contributed by atoms with Gasteiger partial charge in [-0.15, -0.1) is 0 Å². The van der Waals surface area contributed by atoms with Crippen LogP contribution in [0.3, 0.4) is 0 Å². The topological polar surface area (TPSA) is 54.0 Å². The van der Waals surface area contributed by atoms with Crippen molar-refractivity contribution in [3.05, 3.63) is 60.7 Å². The highest BCUT2D eigenvalue weighted by Gasteiger charge is 2.49. The molecule has 8 heteroatoms. The molecule has 1 unspecified atom stereocenters. The van der Waals surface area contributed by atoms with Gasteiger partial charge < -0.3 is 13.5 Å². The smallest absolute Gasteiger partial charge is 0.328 e. The minimum atomic E-state index is -2.43. The molecule has 2 aromatic rings. The standard InChI is InChI=1S/C30H48O5P2Si/c1-6-32-37(33-7-2)29(35-36-31)25-19-11-9-8-10-12-20-26-34-38(30(3,4)5,27-21-15-13-16-22-27)28-23-17-14-18-24-28/h13-18,21-24,29H,6-12,19-20,25-26H2,1-5H3. The molecule has 38 heavy (non-hydrogen) atoms. The van der Waals surface area contributed by atoms with Crippen LogP contribution in [0, 0.1) is 0 Å². The summed E-state index contributed by atoms with van der Waals surface area (Å²) in [7, 11) is -3.89. The number of rotatable bonds is 20. The average Bonchev–Trinajstić information content (AvgIpc) is 2.91. The lowest BCUT2D eigenvalue weighted by Gasteiger charge is -2.43. The summed E-state index contributed by atoms with van der Waals surface area (Å²) < 4.78 is 34.8. The largest absolute Gasteiger partial charge is 0.407 e. The summed E-state index contributed by atoms with van der Waals surface area (Å²) in [4.78, 5) is 0. The fraction of sp³-hybridized carbons (Fsp3) is 0.600. The molecule has 0 N–H and O–H groups in total. The lowest BCUT2D eigenvalue weighted by molar-refractivity contribution is 0.202. The molecule has 0 aliphatic heterocycles. The Kier molecular flexibility index (Phi) is 16.1. The van der Waals surface area contributed by atoms with Crippen LogP contribution >= 0.6 is 17.1 Å². The van der Waals surface area contributed by atoms with E-state index in [1.165, 1.54) is 36.1 Å². The zero-order valence-corrected chi connectivity index (χ0v) is 26.9. The second kappa shape index (κ2) is 18.4. The van der Waals surface area contributed by atoms with E-state index in [9.17, 15) is 4.57 Å². The first-order chi connectivity index (χ1) is 18.4. The van der Waals surface area contributed by atoms with Gasteiger partial charge in [0, 0.05) is 6.61 Å². The Morgan fingerprint density at radius 3 is 1.68 bits per heavy atom. The summed E-state index contributed by atoms with van der Waals surface area (Å²) in [5, 5.41) is 2.71. The Bertz CT molecular complexity index is 834. The minimum Gasteiger partial charge on any atom is -0.407 e. The molecule has 1 atom stereocenters. The zero-order chi connectivity index (χ0) is 27.7. The Balaban J connectivity index is 1.80. The van der Waals surface area contributed by atoms with Crippen LogP contribution in [0.1, 0.15) is 86.0 Å². The van der Waals surface area contributed by atoms with E-state index >= 15 is 0 Å². The van der Waals surface area contributed by atoms with Crippen molar-refractivity contribution in [2.75, 3.05) is 19.8 Å². The molecule has 2 aromatic carbocycles. The molecule has 2 rings (SSSR count). The minimum absolute atomic E-state index is 0.0214. The van der Waals surface area contributed by atoms with E-state index in [2.05, 4.69) is 81.4 Å². The Labute approximate surface area is 235 Å². The fourth-order valence-corrected chi connectivity index (χ4v) is 11.5. The third kappa shape index (κ3) is 10.2. The molecule has 0 spiro atoms. The van der Waals surface area contributed by atoms with E-state index in [-0.39, 0.29) is 19.6 Å². The van der Waals surface area contributed by atoms with Crippen LogP contribution in [0.25, 0.3) is 0 Å². The van der Waals surface area contributed by atoms with Crippen molar-refractivity contribution in [2.24, 2.45) is 0 Å². The van der Waals surface area contributed by atoms with Gasteiger partial charge in [0.15, 0.2) is 0 Å². The van der Waals surface area contributed by atoms with Crippen molar-refractivity contribution in [1.82, 2.24) is 0 Å². The normalized spacial score (nSPS) is 13.3. The lowest BCUT2D eigenvalue weighted by Crippen LogP contribution is -2.66. The maximum atomic E-state index is 11.0.